The molecule has 1 aromatic carbocycles. The lowest BCUT2D eigenvalue weighted by molar-refractivity contribution is 0.0950. The molecule has 1 aliphatic rings. The van der Waals surface area contributed by atoms with Crippen LogP contribution in [0.4, 0.5) is 11.4 Å². The fourth-order valence-corrected chi connectivity index (χ4v) is 4.31. The minimum Gasteiger partial charge on any atom is -0.381 e. The van der Waals surface area contributed by atoms with Crippen LogP contribution in [-0.4, -0.2) is 48.4 Å². The van der Waals surface area contributed by atoms with Crippen molar-refractivity contribution in [1.82, 2.24) is 14.7 Å². The van der Waals surface area contributed by atoms with Crippen molar-refractivity contribution < 1.29 is 9.53 Å². The maximum atomic E-state index is 12.7. The molecule has 0 saturated heterocycles. The number of unbranched alkanes of at least 4 members (excludes halogenated alkanes) is 2. The van der Waals surface area contributed by atoms with Gasteiger partial charge in [0.2, 0.25) is 0 Å². The highest BCUT2D eigenvalue weighted by molar-refractivity contribution is 5.97. The van der Waals surface area contributed by atoms with Crippen LogP contribution in [0.25, 0.3) is 5.65 Å². The van der Waals surface area contributed by atoms with E-state index in [4.69, 9.17) is 4.74 Å². The fourth-order valence-electron chi connectivity index (χ4n) is 4.31. The number of carbonyl (C=O) groups excluding carboxylic acids is 1. The SMILES string of the molecule is C/C=C\CC/C=C\C(=C/C)C1Nc2ccc(C(=O)NCc3cn4ccccc4n3)cc2N1.CN=CCCC=CCOC. The summed E-state index contributed by atoms with van der Waals surface area (Å²) >= 11 is 0. The molecule has 42 heavy (non-hydrogen) atoms. The number of aliphatic imine (C=N–C) groups is 1. The second-order valence-corrected chi connectivity index (χ2v) is 9.65. The molecular formula is C34H44N6O2. The first-order chi connectivity index (χ1) is 20.6. The van der Waals surface area contributed by atoms with Gasteiger partial charge in [0.25, 0.3) is 5.91 Å². The number of hydrogen-bond acceptors (Lipinski definition) is 6. The molecule has 1 amide bonds. The third-order valence-electron chi connectivity index (χ3n) is 6.51. The van der Waals surface area contributed by atoms with E-state index < -0.39 is 0 Å². The average Bonchev–Trinajstić information content (AvgIpc) is 3.63. The lowest BCUT2D eigenvalue weighted by Gasteiger charge is -2.13. The molecule has 0 radical (unpaired) electrons. The Morgan fingerprint density at radius 3 is 2.62 bits per heavy atom. The first kappa shape index (κ1) is 32.1. The Balaban J connectivity index is 0.000000416. The Morgan fingerprint density at radius 1 is 1.05 bits per heavy atom. The van der Waals surface area contributed by atoms with Crippen molar-refractivity contribution in [3.63, 3.8) is 0 Å². The van der Waals surface area contributed by atoms with Crippen LogP contribution in [-0.2, 0) is 11.3 Å². The molecular weight excluding hydrogens is 524 g/mol. The van der Waals surface area contributed by atoms with Crippen molar-refractivity contribution in [1.29, 1.82) is 0 Å². The number of pyridine rings is 1. The van der Waals surface area contributed by atoms with Gasteiger partial charge in [0.05, 0.1) is 30.2 Å². The Bertz CT molecular complexity index is 1380. The maximum Gasteiger partial charge on any atom is 0.251 e. The van der Waals surface area contributed by atoms with Crippen LogP contribution >= 0.6 is 0 Å². The number of nitrogens with zero attached hydrogens (tertiary/aromatic N) is 3. The lowest BCUT2D eigenvalue weighted by Crippen LogP contribution is -2.24. The molecule has 222 valence electrons. The van der Waals surface area contributed by atoms with E-state index in [1.165, 1.54) is 5.57 Å². The number of nitrogens with one attached hydrogen (secondary N) is 3. The summed E-state index contributed by atoms with van der Waals surface area (Å²) in [5.41, 5.74) is 5.40. The topological polar surface area (TPSA) is 92.1 Å². The van der Waals surface area contributed by atoms with Gasteiger partial charge in [-0.3, -0.25) is 4.79 Å². The highest BCUT2D eigenvalue weighted by Gasteiger charge is 2.22. The Kier molecular flexibility index (Phi) is 13.8. The highest BCUT2D eigenvalue weighted by Crippen LogP contribution is 2.32. The van der Waals surface area contributed by atoms with Gasteiger partial charge < -0.3 is 30.1 Å². The second kappa shape index (κ2) is 18.1. The third kappa shape index (κ3) is 10.2. The summed E-state index contributed by atoms with van der Waals surface area (Å²) in [5.74, 6) is -0.120. The summed E-state index contributed by atoms with van der Waals surface area (Å²) in [6.07, 6.45) is 24.7. The van der Waals surface area contributed by atoms with E-state index in [-0.39, 0.29) is 12.1 Å². The summed E-state index contributed by atoms with van der Waals surface area (Å²) in [6.45, 7) is 5.17. The van der Waals surface area contributed by atoms with E-state index >= 15 is 0 Å². The van der Waals surface area contributed by atoms with Crippen LogP contribution < -0.4 is 16.0 Å². The number of fused-ring (bicyclic) bond motifs is 2. The Hall–Kier alpha value is -4.43. The monoisotopic (exact) mass is 568 g/mol. The van der Waals surface area contributed by atoms with E-state index in [2.05, 4.69) is 62.4 Å². The molecule has 2 aromatic heterocycles. The first-order valence-electron chi connectivity index (χ1n) is 14.5. The number of aromatic nitrogens is 2. The van der Waals surface area contributed by atoms with Gasteiger partial charge in [0.1, 0.15) is 11.8 Å². The van der Waals surface area contributed by atoms with Crippen LogP contribution in [0.3, 0.4) is 0 Å². The smallest absolute Gasteiger partial charge is 0.251 e. The molecule has 1 aliphatic heterocycles. The quantitative estimate of drug-likeness (QED) is 0.0898. The molecule has 8 heteroatoms. The molecule has 3 N–H and O–H groups in total. The minimum atomic E-state index is -0.120. The zero-order valence-corrected chi connectivity index (χ0v) is 25.2. The predicted molar refractivity (Wildman–Crippen MR) is 175 cm³/mol. The van der Waals surface area contributed by atoms with Crippen molar-refractivity contribution in [2.45, 2.75) is 52.2 Å². The molecule has 0 fully saturated rings. The maximum absolute atomic E-state index is 12.7. The highest BCUT2D eigenvalue weighted by atomic mass is 16.5. The van der Waals surface area contributed by atoms with Crippen LogP contribution in [0.15, 0.2) is 102 Å². The van der Waals surface area contributed by atoms with Gasteiger partial charge in [-0.2, -0.15) is 0 Å². The summed E-state index contributed by atoms with van der Waals surface area (Å²) in [4.78, 5) is 21.1. The fraction of sp³-hybridized carbons (Fsp3) is 0.324. The van der Waals surface area contributed by atoms with E-state index in [1.54, 1.807) is 14.2 Å². The van der Waals surface area contributed by atoms with Crippen molar-refractivity contribution in [2.24, 2.45) is 4.99 Å². The van der Waals surface area contributed by atoms with Gasteiger partial charge in [-0.25, -0.2) is 4.98 Å². The molecule has 0 bridgehead atoms. The Morgan fingerprint density at radius 2 is 1.86 bits per heavy atom. The minimum absolute atomic E-state index is 0.00995. The first-order valence-corrected chi connectivity index (χ1v) is 14.5. The van der Waals surface area contributed by atoms with E-state index in [1.807, 2.05) is 79.3 Å². The number of allylic oxidation sites excluding steroid dienone is 5. The van der Waals surface area contributed by atoms with Crippen LogP contribution in [0.1, 0.15) is 55.6 Å². The number of benzene rings is 1. The molecule has 8 nitrogen and oxygen atoms in total. The van der Waals surface area contributed by atoms with Crippen LogP contribution in [0, 0.1) is 0 Å². The number of rotatable bonds is 13. The predicted octanol–water partition coefficient (Wildman–Crippen LogP) is 6.96. The standard InChI is InChI=1S/C26H29N5O.C8H15NO/c1-3-5-6-7-8-11-19(4-2)25-29-22-14-13-20(16-23(22)30-25)26(32)27-17-21-18-31-15-10-9-12-24(31)28-21;1-9-7-5-3-4-6-8-10-2/h3-5,8-16,18,25,29-30H,6-7,17H2,1-2H3,(H,27,32);4,6-7H,3,5,8H2,1-2H3/b5-3-,11-8-,19-4+;. The average molecular weight is 569 g/mol. The molecule has 4 rings (SSSR count). The number of methoxy groups -OCH3 is 1. The van der Waals surface area contributed by atoms with Gasteiger partial charge in [-0.05, 0) is 81.7 Å². The normalized spacial score (nSPS) is 14.9. The number of amides is 1. The van der Waals surface area contributed by atoms with E-state index in [9.17, 15) is 4.79 Å². The number of carbonyl (C=O) groups is 1. The number of imidazole rings is 1. The van der Waals surface area contributed by atoms with Crippen molar-refractivity contribution in [3.8, 4) is 0 Å². The number of hydrogen-bond donors (Lipinski definition) is 3. The van der Waals surface area contributed by atoms with Gasteiger partial charge in [0.15, 0.2) is 0 Å². The third-order valence-corrected chi connectivity index (χ3v) is 6.51. The number of anilines is 2. The second-order valence-electron chi connectivity index (χ2n) is 9.65. The molecule has 0 saturated carbocycles. The van der Waals surface area contributed by atoms with Crippen molar-refractivity contribution >= 4 is 29.1 Å². The van der Waals surface area contributed by atoms with Gasteiger partial charge in [0, 0.05) is 32.1 Å². The van der Waals surface area contributed by atoms with Crippen LogP contribution in [0.2, 0.25) is 0 Å². The molecule has 1 unspecified atom stereocenters. The van der Waals surface area contributed by atoms with Crippen LogP contribution in [0.5, 0.6) is 0 Å². The van der Waals surface area contributed by atoms with E-state index in [0.29, 0.717) is 18.7 Å². The molecule has 0 aliphatic carbocycles. The summed E-state index contributed by atoms with van der Waals surface area (Å²) in [6, 6.07) is 11.5. The summed E-state index contributed by atoms with van der Waals surface area (Å²) in [7, 11) is 3.48. The molecule has 1 atom stereocenters. The zero-order chi connectivity index (χ0) is 30.0. The van der Waals surface area contributed by atoms with E-state index in [0.717, 1.165) is 48.4 Å². The molecule has 3 aromatic rings. The Labute approximate surface area is 250 Å². The zero-order valence-electron chi connectivity index (χ0n) is 25.2. The van der Waals surface area contributed by atoms with Gasteiger partial charge in [-0.1, -0.05) is 48.6 Å². The van der Waals surface area contributed by atoms with Gasteiger partial charge in [-0.15, -0.1) is 0 Å². The largest absolute Gasteiger partial charge is 0.381 e. The molecule has 3 heterocycles. The van der Waals surface area contributed by atoms with Crippen molar-refractivity contribution in [3.05, 3.63) is 108 Å². The summed E-state index contributed by atoms with van der Waals surface area (Å²) in [5, 5.41) is 9.94. The lowest BCUT2D eigenvalue weighted by atomic mass is 10.1. The molecule has 0 spiro atoms. The number of ether oxygens (including phenoxy) is 1. The van der Waals surface area contributed by atoms with Crippen molar-refractivity contribution in [2.75, 3.05) is 31.4 Å². The van der Waals surface area contributed by atoms with Gasteiger partial charge >= 0.3 is 0 Å². The summed E-state index contributed by atoms with van der Waals surface area (Å²) < 4.78 is 6.77.